The lowest BCUT2D eigenvalue weighted by atomic mass is 9.99. The molecule has 3 aromatic rings. The first-order valence-corrected chi connectivity index (χ1v) is 12.5. The van der Waals surface area contributed by atoms with Gasteiger partial charge in [-0.1, -0.05) is 43.3 Å². The lowest BCUT2D eigenvalue weighted by Gasteiger charge is -2.22. The fourth-order valence-electron chi connectivity index (χ4n) is 4.81. The lowest BCUT2D eigenvalue weighted by Crippen LogP contribution is -2.31. The normalized spacial score (nSPS) is 16.2. The Labute approximate surface area is 212 Å². The summed E-state index contributed by atoms with van der Waals surface area (Å²) in [5.74, 6) is -0.436. The molecular formula is C27H36N6O3. The van der Waals surface area contributed by atoms with Crippen molar-refractivity contribution in [2.24, 2.45) is 0 Å². The van der Waals surface area contributed by atoms with E-state index in [-0.39, 0.29) is 29.0 Å². The first kappa shape index (κ1) is 25.7. The van der Waals surface area contributed by atoms with Crippen LogP contribution in [0.3, 0.4) is 0 Å². The number of likely N-dealkylation sites (tertiary alicyclic amines) is 1. The molecule has 0 radical (unpaired) electrons. The smallest absolute Gasteiger partial charge is 0.274 e. The van der Waals surface area contributed by atoms with Crippen molar-refractivity contribution in [1.82, 2.24) is 30.1 Å². The third kappa shape index (κ3) is 5.08. The van der Waals surface area contributed by atoms with Crippen LogP contribution in [0.5, 0.6) is 11.5 Å². The third-order valence-corrected chi connectivity index (χ3v) is 6.84. The Morgan fingerprint density at radius 2 is 1.94 bits per heavy atom. The summed E-state index contributed by atoms with van der Waals surface area (Å²) in [6, 6.07) is 11.5. The molecule has 4 rings (SSSR count). The number of aromatic nitrogens is 3. The number of amides is 1. The number of carbonyl (C=O) groups excluding carboxylic acids is 1. The molecule has 0 bridgehead atoms. The van der Waals surface area contributed by atoms with Crippen molar-refractivity contribution < 1.29 is 15.0 Å². The Morgan fingerprint density at radius 3 is 2.61 bits per heavy atom. The van der Waals surface area contributed by atoms with E-state index in [9.17, 15) is 15.0 Å². The molecule has 0 spiro atoms. The average Bonchev–Trinajstić information content (AvgIpc) is 3.47. The van der Waals surface area contributed by atoms with Crippen LogP contribution in [0.25, 0.3) is 16.9 Å². The van der Waals surface area contributed by atoms with Crippen molar-refractivity contribution in [2.75, 3.05) is 33.7 Å². The van der Waals surface area contributed by atoms with Crippen molar-refractivity contribution in [3.63, 3.8) is 0 Å². The van der Waals surface area contributed by atoms with Gasteiger partial charge in [-0.2, -0.15) is 0 Å². The highest BCUT2D eigenvalue weighted by Gasteiger charge is 2.28. The maximum Gasteiger partial charge on any atom is 0.274 e. The van der Waals surface area contributed by atoms with Crippen LogP contribution in [0.1, 0.15) is 54.7 Å². The van der Waals surface area contributed by atoms with E-state index < -0.39 is 0 Å². The zero-order chi connectivity index (χ0) is 26.0. The molecule has 9 heteroatoms. The number of rotatable bonds is 8. The maximum absolute atomic E-state index is 13.0. The van der Waals surface area contributed by atoms with E-state index in [0.717, 1.165) is 37.2 Å². The molecule has 1 aliphatic heterocycles. The van der Waals surface area contributed by atoms with Crippen LogP contribution < -0.4 is 5.32 Å². The van der Waals surface area contributed by atoms with E-state index in [1.165, 1.54) is 10.7 Å². The molecule has 192 valence electrons. The molecule has 9 nitrogen and oxygen atoms in total. The lowest BCUT2D eigenvalue weighted by molar-refractivity contribution is 0.0951. The molecule has 0 unspecified atom stereocenters. The summed E-state index contributed by atoms with van der Waals surface area (Å²) in [6.07, 6.45) is 1.11. The first-order chi connectivity index (χ1) is 17.2. The van der Waals surface area contributed by atoms with E-state index in [2.05, 4.69) is 45.6 Å². The quantitative estimate of drug-likeness (QED) is 0.443. The molecular weight excluding hydrogens is 456 g/mol. The predicted molar refractivity (Wildman–Crippen MR) is 140 cm³/mol. The van der Waals surface area contributed by atoms with Crippen LogP contribution in [0.4, 0.5) is 0 Å². The van der Waals surface area contributed by atoms with Crippen molar-refractivity contribution >= 4 is 5.91 Å². The van der Waals surface area contributed by atoms with Crippen LogP contribution >= 0.6 is 0 Å². The van der Waals surface area contributed by atoms with Gasteiger partial charge < -0.3 is 20.4 Å². The largest absolute Gasteiger partial charge is 0.508 e. The van der Waals surface area contributed by atoms with Gasteiger partial charge >= 0.3 is 0 Å². The fraction of sp³-hybridized carbons (Fsp3) is 0.444. The Kier molecular flexibility index (Phi) is 7.61. The molecule has 1 atom stereocenters. The second kappa shape index (κ2) is 10.7. The standard InChI is InChI=1S/C27H36N6O3/c1-6-28-27(36)25-26(33(30-29-25)22-13-21(17(2)3)23(34)14-24(22)35)20-10-8-7-9-18(20)15-32-12-11-19(16-32)31(4)5/h7-10,13-14,17,19,34-35H,6,11-12,15-16H2,1-5H3,(H,28,36)/t19-/m0/s1. The summed E-state index contributed by atoms with van der Waals surface area (Å²) < 4.78 is 1.51. The highest BCUT2D eigenvalue weighted by atomic mass is 16.3. The number of likely N-dealkylation sites (N-methyl/N-ethyl adjacent to an activating group) is 1. The molecule has 0 saturated carbocycles. The molecule has 1 aliphatic rings. The molecule has 1 fully saturated rings. The SMILES string of the molecule is CCNC(=O)c1nnn(-c2cc(C(C)C)c(O)cc2O)c1-c1ccccc1CN1CC[C@H](N(C)C)C1. The molecule has 3 N–H and O–H groups in total. The van der Waals surface area contributed by atoms with E-state index in [4.69, 9.17) is 0 Å². The minimum Gasteiger partial charge on any atom is -0.508 e. The summed E-state index contributed by atoms with van der Waals surface area (Å²) in [5, 5.41) is 32.5. The van der Waals surface area contributed by atoms with Crippen LogP contribution in [0.15, 0.2) is 36.4 Å². The number of benzene rings is 2. The van der Waals surface area contributed by atoms with Crippen LogP contribution in [-0.2, 0) is 6.54 Å². The number of nitrogens with zero attached hydrogens (tertiary/aromatic N) is 5. The monoisotopic (exact) mass is 492 g/mol. The van der Waals surface area contributed by atoms with Gasteiger partial charge in [0.25, 0.3) is 5.91 Å². The maximum atomic E-state index is 13.0. The van der Waals surface area contributed by atoms with E-state index in [1.807, 2.05) is 39.0 Å². The van der Waals surface area contributed by atoms with Gasteiger partial charge in [0.1, 0.15) is 22.9 Å². The molecule has 1 aromatic heterocycles. The van der Waals surface area contributed by atoms with Gasteiger partial charge in [-0.25, -0.2) is 4.68 Å². The predicted octanol–water partition coefficient (Wildman–Crippen LogP) is 3.35. The van der Waals surface area contributed by atoms with Gasteiger partial charge in [0.2, 0.25) is 0 Å². The highest BCUT2D eigenvalue weighted by Crippen LogP contribution is 2.37. The van der Waals surface area contributed by atoms with Crippen LogP contribution in [-0.4, -0.2) is 80.7 Å². The molecule has 2 heterocycles. The number of phenols is 2. The van der Waals surface area contributed by atoms with Gasteiger partial charge in [-0.3, -0.25) is 9.69 Å². The van der Waals surface area contributed by atoms with E-state index in [1.54, 1.807) is 6.07 Å². The minimum absolute atomic E-state index is 0.0155. The number of nitrogens with one attached hydrogen (secondary N) is 1. The second-order valence-corrected chi connectivity index (χ2v) is 9.91. The Bertz CT molecular complexity index is 1240. The summed E-state index contributed by atoms with van der Waals surface area (Å²) in [7, 11) is 4.22. The van der Waals surface area contributed by atoms with Gasteiger partial charge in [0.15, 0.2) is 5.69 Å². The third-order valence-electron chi connectivity index (χ3n) is 6.84. The first-order valence-electron chi connectivity index (χ1n) is 12.5. The number of carbonyl (C=O) groups is 1. The number of hydrogen-bond acceptors (Lipinski definition) is 7. The Balaban J connectivity index is 1.84. The summed E-state index contributed by atoms with van der Waals surface area (Å²) in [6.45, 7) is 8.92. The molecule has 2 aromatic carbocycles. The second-order valence-electron chi connectivity index (χ2n) is 9.91. The average molecular weight is 493 g/mol. The number of phenolic OH excluding ortho intramolecular Hbond substituents is 2. The van der Waals surface area contributed by atoms with E-state index >= 15 is 0 Å². The van der Waals surface area contributed by atoms with Crippen LogP contribution in [0.2, 0.25) is 0 Å². The summed E-state index contributed by atoms with van der Waals surface area (Å²) >= 11 is 0. The van der Waals surface area contributed by atoms with Crippen molar-refractivity contribution in [1.29, 1.82) is 0 Å². The summed E-state index contributed by atoms with van der Waals surface area (Å²) in [4.78, 5) is 17.7. The van der Waals surface area contributed by atoms with Gasteiger partial charge in [0.05, 0.1) is 0 Å². The minimum atomic E-state index is -0.329. The van der Waals surface area contributed by atoms with Gasteiger partial charge in [-0.05, 0) is 50.6 Å². The number of hydrogen-bond donors (Lipinski definition) is 3. The molecule has 0 aliphatic carbocycles. The number of aromatic hydroxyl groups is 2. The van der Waals surface area contributed by atoms with E-state index in [0.29, 0.717) is 29.5 Å². The van der Waals surface area contributed by atoms with Crippen molar-refractivity contribution in [3.05, 3.63) is 53.2 Å². The summed E-state index contributed by atoms with van der Waals surface area (Å²) in [5.41, 5.74) is 3.61. The Hall–Kier alpha value is -3.43. The topological polar surface area (TPSA) is 107 Å². The molecule has 1 amide bonds. The fourth-order valence-corrected chi connectivity index (χ4v) is 4.81. The van der Waals surface area contributed by atoms with Crippen molar-refractivity contribution in [3.8, 4) is 28.4 Å². The zero-order valence-corrected chi connectivity index (χ0v) is 21.7. The van der Waals surface area contributed by atoms with Gasteiger partial charge in [0, 0.05) is 43.9 Å². The Morgan fingerprint density at radius 1 is 1.19 bits per heavy atom. The zero-order valence-electron chi connectivity index (χ0n) is 21.7. The molecule has 36 heavy (non-hydrogen) atoms. The molecule has 1 saturated heterocycles. The van der Waals surface area contributed by atoms with Crippen LogP contribution in [0, 0.1) is 0 Å². The highest BCUT2D eigenvalue weighted by molar-refractivity contribution is 5.98. The van der Waals surface area contributed by atoms with Crippen molar-refractivity contribution in [2.45, 2.75) is 45.7 Å². The van der Waals surface area contributed by atoms with Gasteiger partial charge in [-0.15, -0.1) is 5.10 Å².